The third-order valence-electron chi connectivity index (χ3n) is 2.89. The molecule has 0 saturated carbocycles. The first kappa shape index (κ1) is 11.6. The van der Waals surface area contributed by atoms with E-state index in [0.717, 1.165) is 6.42 Å². The van der Waals surface area contributed by atoms with E-state index >= 15 is 0 Å². The van der Waals surface area contributed by atoms with Gasteiger partial charge in [0.15, 0.2) is 5.78 Å². The number of ketones is 1. The number of rotatable bonds is 2. The molecule has 92 valence electrons. The molecular weight excluding hydrogens is 222 g/mol. The summed E-state index contributed by atoms with van der Waals surface area (Å²) in [6, 6.07) is 0. The number of aryl methyl sites for hydroxylation is 1. The van der Waals surface area contributed by atoms with Crippen molar-refractivity contribution in [2.45, 2.75) is 12.8 Å². The Kier molecular flexibility index (Phi) is 3.12. The molecule has 2 heterocycles. The average Bonchev–Trinajstić information content (AvgIpc) is 2.61. The number of fused-ring (bicyclic) bond motifs is 1. The van der Waals surface area contributed by atoms with Crippen molar-refractivity contribution >= 4 is 17.6 Å². The number of nitrogens with zero attached hydrogens (tertiary/aromatic N) is 3. The second kappa shape index (κ2) is 4.57. The molecule has 1 aromatic rings. The molecule has 0 radical (unpaired) electrons. The zero-order valence-corrected chi connectivity index (χ0v) is 9.97. The molecule has 6 nitrogen and oxygen atoms in total. The van der Waals surface area contributed by atoms with Gasteiger partial charge in [-0.05, 0) is 6.42 Å². The van der Waals surface area contributed by atoms with Gasteiger partial charge in [-0.1, -0.05) is 0 Å². The van der Waals surface area contributed by atoms with Crippen molar-refractivity contribution in [1.82, 2.24) is 9.78 Å². The van der Waals surface area contributed by atoms with Crippen LogP contribution in [0.25, 0.3) is 0 Å². The van der Waals surface area contributed by atoms with Crippen LogP contribution in [0.5, 0.6) is 0 Å². The van der Waals surface area contributed by atoms with Gasteiger partial charge in [-0.25, -0.2) is 0 Å². The number of carbonyl (C=O) groups excluding carboxylic acids is 2. The SMILES string of the molecule is COC(=O)CN1CCCC(=O)c2cnn(C)c21. The van der Waals surface area contributed by atoms with Gasteiger partial charge in [0, 0.05) is 20.0 Å². The summed E-state index contributed by atoms with van der Waals surface area (Å²) < 4.78 is 6.28. The van der Waals surface area contributed by atoms with E-state index in [1.54, 1.807) is 17.9 Å². The van der Waals surface area contributed by atoms with Gasteiger partial charge in [-0.2, -0.15) is 5.10 Å². The Balaban J connectivity index is 2.34. The van der Waals surface area contributed by atoms with Crippen LogP contribution in [0.2, 0.25) is 0 Å². The molecular formula is C11H15N3O3. The third kappa shape index (κ3) is 2.15. The summed E-state index contributed by atoms with van der Waals surface area (Å²) in [5, 5.41) is 4.08. The fourth-order valence-electron chi connectivity index (χ4n) is 2.05. The van der Waals surface area contributed by atoms with Crippen LogP contribution in [0.15, 0.2) is 6.20 Å². The Morgan fingerprint density at radius 3 is 3.06 bits per heavy atom. The maximum atomic E-state index is 11.8. The third-order valence-corrected chi connectivity index (χ3v) is 2.89. The van der Waals surface area contributed by atoms with E-state index in [1.165, 1.54) is 7.11 Å². The lowest BCUT2D eigenvalue weighted by Crippen LogP contribution is -2.32. The molecule has 1 aliphatic rings. The minimum Gasteiger partial charge on any atom is -0.468 e. The maximum absolute atomic E-state index is 11.8. The minimum atomic E-state index is -0.313. The summed E-state index contributed by atoms with van der Waals surface area (Å²) >= 11 is 0. The summed E-state index contributed by atoms with van der Waals surface area (Å²) in [5.41, 5.74) is 0.592. The van der Waals surface area contributed by atoms with Crippen molar-refractivity contribution < 1.29 is 14.3 Å². The molecule has 17 heavy (non-hydrogen) atoms. The highest BCUT2D eigenvalue weighted by Gasteiger charge is 2.26. The van der Waals surface area contributed by atoms with Gasteiger partial charge in [0.05, 0.1) is 18.9 Å². The number of aromatic nitrogens is 2. The summed E-state index contributed by atoms with van der Waals surface area (Å²) in [6.45, 7) is 0.809. The van der Waals surface area contributed by atoms with Crippen molar-refractivity contribution in [3.05, 3.63) is 11.8 Å². The van der Waals surface area contributed by atoms with Crippen LogP contribution >= 0.6 is 0 Å². The maximum Gasteiger partial charge on any atom is 0.325 e. The van der Waals surface area contributed by atoms with Crippen LogP contribution in [-0.2, 0) is 16.6 Å². The molecule has 0 saturated heterocycles. The molecule has 0 N–H and O–H groups in total. The van der Waals surface area contributed by atoms with Gasteiger partial charge >= 0.3 is 5.97 Å². The van der Waals surface area contributed by atoms with Crippen LogP contribution in [0.4, 0.5) is 5.82 Å². The Hall–Kier alpha value is -1.85. The second-order valence-corrected chi connectivity index (χ2v) is 4.03. The zero-order chi connectivity index (χ0) is 12.4. The van der Waals surface area contributed by atoms with E-state index in [1.807, 2.05) is 4.90 Å². The molecule has 1 aromatic heterocycles. The van der Waals surface area contributed by atoms with Gasteiger partial charge in [-0.3, -0.25) is 14.3 Å². The van der Waals surface area contributed by atoms with Crippen molar-refractivity contribution in [3.8, 4) is 0 Å². The lowest BCUT2D eigenvalue weighted by Gasteiger charge is -2.22. The van der Waals surface area contributed by atoms with Crippen LogP contribution in [-0.4, -0.2) is 41.7 Å². The predicted molar refractivity (Wildman–Crippen MR) is 61.0 cm³/mol. The number of hydrogen-bond donors (Lipinski definition) is 0. The average molecular weight is 237 g/mol. The first-order valence-corrected chi connectivity index (χ1v) is 5.50. The van der Waals surface area contributed by atoms with Crippen molar-refractivity contribution in [2.75, 3.05) is 25.1 Å². The minimum absolute atomic E-state index is 0.0838. The quantitative estimate of drug-likeness (QED) is 0.696. The van der Waals surface area contributed by atoms with Crippen molar-refractivity contribution in [1.29, 1.82) is 0 Å². The molecule has 0 atom stereocenters. The summed E-state index contributed by atoms with van der Waals surface area (Å²) in [7, 11) is 3.12. The second-order valence-electron chi connectivity index (χ2n) is 4.03. The van der Waals surface area contributed by atoms with Gasteiger partial charge in [0.25, 0.3) is 0 Å². The van der Waals surface area contributed by atoms with Gasteiger partial charge < -0.3 is 9.64 Å². The Morgan fingerprint density at radius 1 is 1.59 bits per heavy atom. The number of anilines is 1. The lowest BCUT2D eigenvalue weighted by atomic mass is 10.1. The number of carbonyl (C=O) groups is 2. The monoisotopic (exact) mass is 237 g/mol. The van der Waals surface area contributed by atoms with Gasteiger partial charge in [0.2, 0.25) is 0 Å². The summed E-state index contributed by atoms with van der Waals surface area (Å²) in [6.07, 6.45) is 2.80. The fourth-order valence-corrected chi connectivity index (χ4v) is 2.05. The standard InChI is InChI=1S/C11H15N3O3/c1-13-11-8(6-12-13)9(15)4-3-5-14(11)7-10(16)17-2/h6H,3-5,7H2,1-2H3. The normalized spacial score (nSPS) is 15.4. The van der Waals surface area contributed by atoms with E-state index in [0.29, 0.717) is 24.3 Å². The van der Waals surface area contributed by atoms with E-state index in [9.17, 15) is 9.59 Å². The van der Waals surface area contributed by atoms with Crippen LogP contribution < -0.4 is 4.90 Å². The first-order valence-electron chi connectivity index (χ1n) is 5.50. The van der Waals surface area contributed by atoms with Crippen LogP contribution in [0.1, 0.15) is 23.2 Å². The van der Waals surface area contributed by atoms with Crippen molar-refractivity contribution in [2.24, 2.45) is 7.05 Å². The summed E-state index contributed by atoms with van der Waals surface area (Å²) in [5.74, 6) is 0.477. The smallest absolute Gasteiger partial charge is 0.325 e. The number of esters is 1. The zero-order valence-electron chi connectivity index (χ0n) is 9.97. The van der Waals surface area contributed by atoms with Crippen LogP contribution in [0, 0.1) is 0 Å². The highest BCUT2D eigenvalue weighted by molar-refractivity contribution is 6.01. The number of methoxy groups -OCH3 is 1. The number of hydrogen-bond acceptors (Lipinski definition) is 5. The molecule has 0 aromatic carbocycles. The highest BCUT2D eigenvalue weighted by Crippen LogP contribution is 2.25. The Bertz CT molecular complexity index is 453. The van der Waals surface area contributed by atoms with Crippen LogP contribution in [0.3, 0.4) is 0 Å². The van der Waals surface area contributed by atoms with E-state index < -0.39 is 0 Å². The molecule has 6 heteroatoms. The Labute approximate surface area is 99.1 Å². The number of ether oxygens (including phenoxy) is 1. The van der Waals surface area contributed by atoms with Gasteiger partial charge in [-0.15, -0.1) is 0 Å². The molecule has 2 rings (SSSR count). The Morgan fingerprint density at radius 2 is 2.35 bits per heavy atom. The molecule has 0 fully saturated rings. The van der Waals surface area contributed by atoms with E-state index in [-0.39, 0.29) is 18.3 Å². The molecule has 0 bridgehead atoms. The molecule has 0 spiro atoms. The topological polar surface area (TPSA) is 64.4 Å². The van der Waals surface area contributed by atoms with Crippen molar-refractivity contribution in [3.63, 3.8) is 0 Å². The lowest BCUT2D eigenvalue weighted by molar-refractivity contribution is -0.138. The largest absolute Gasteiger partial charge is 0.468 e. The predicted octanol–water partition coefficient (Wildman–Crippen LogP) is 0.376. The van der Waals surface area contributed by atoms with Gasteiger partial charge in [0.1, 0.15) is 12.4 Å². The molecule has 0 aliphatic carbocycles. The number of Topliss-reactive ketones (excluding diaryl/α,β-unsaturated/α-hetero) is 1. The molecule has 1 aliphatic heterocycles. The van der Waals surface area contributed by atoms with E-state index in [4.69, 9.17) is 0 Å². The highest BCUT2D eigenvalue weighted by atomic mass is 16.5. The first-order chi connectivity index (χ1) is 8.13. The molecule has 0 amide bonds. The van der Waals surface area contributed by atoms with E-state index in [2.05, 4.69) is 9.84 Å². The fraction of sp³-hybridized carbons (Fsp3) is 0.545. The molecule has 0 unspecified atom stereocenters. The summed E-state index contributed by atoms with van der Waals surface area (Å²) in [4.78, 5) is 25.0.